The molecule has 1 aromatic rings. The fraction of sp³-hybridized carbons (Fsp3) is 0.550. The van der Waals surface area contributed by atoms with Gasteiger partial charge in [-0.25, -0.2) is 0 Å². The molecule has 0 saturated heterocycles. The normalized spacial score (nSPS) is 29.9. The summed E-state index contributed by atoms with van der Waals surface area (Å²) in [4.78, 5) is 12.5. The number of hydrogen-bond acceptors (Lipinski definition) is 2. The van der Waals surface area contributed by atoms with E-state index in [4.69, 9.17) is 4.74 Å². The van der Waals surface area contributed by atoms with Crippen LogP contribution < -0.4 is 4.74 Å². The Hall–Kier alpha value is -1.57. The Bertz CT molecular complexity index is 670. The highest BCUT2D eigenvalue weighted by atomic mass is 16.5. The van der Waals surface area contributed by atoms with Gasteiger partial charge in [-0.2, -0.15) is 0 Å². The van der Waals surface area contributed by atoms with E-state index in [9.17, 15) is 4.79 Å². The predicted octanol–water partition coefficient (Wildman–Crippen LogP) is 4.56. The van der Waals surface area contributed by atoms with Crippen molar-refractivity contribution in [1.29, 1.82) is 0 Å². The summed E-state index contributed by atoms with van der Waals surface area (Å²) in [5.41, 5.74) is 5.98. The van der Waals surface area contributed by atoms with E-state index in [1.807, 2.05) is 0 Å². The lowest BCUT2D eigenvalue weighted by Gasteiger charge is -2.42. The van der Waals surface area contributed by atoms with Crippen molar-refractivity contribution in [2.45, 2.75) is 51.9 Å². The van der Waals surface area contributed by atoms with Crippen molar-refractivity contribution in [1.82, 2.24) is 0 Å². The molecule has 116 valence electrons. The Morgan fingerprint density at radius 3 is 2.86 bits per heavy atom. The highest BCUT2D eigenvalue weighted by molar-refractivity contribution is 5.90. The van der Waals surface area contributed by atoms with Gasteiger partial charge < -0.3 is 4.74 Å². The molecule has 0 heterocycles. The van der Waals surface area contributed by atoms with Crippen molar-refractivity contribution >= 4 is 11.4 Å². The van der Waals surface area contributed by atoms with Crippen LogP contribution in [0.2, 0.25) is 0 Å². The summed E-state index contributed by atoms with van der Waals surface area (Å²) in [6, 6.07) is 6.51. The number of allylic oxidation sites excluding steroid dienone is 2. The molecule has 1 saturated carbocycles. The van der Waals surface area contributed by atoms with Gasteiger partial charge in [0.15, 0.2) is 0 Å². The van der Waals surface area contributed by atoms with Gasteiger partial charge in [0, 0.05) is 11.8 Å². The summed E-state index contributed by atoms with van der Waals surface area (Å²) < 4.78 is 5.37. The van der Waals surface area contributed by atoms with Gasteiger partial charge >= 0.3 is 0 Å². The molecular weight excluding hydrogens is 272 g/mol. The van der Waals surface area contributed by atoms with Gasteiger partial charge in [0.1, 0.15) is 11.5 Å². The highest BCUT2D eigenvalue weighted by Crippen LogP contribution is 2.58. The van der Waals surface area contributed by atoms with Gasteiger partial charge in [0.05, 0.1) is 7.11 Å². The SMILES string of the molecule is CC[C@]12CCC3=C(CCc4cc(OC)ccc43)[C@@H]1CCC2=O. The number of carbonyl (C=O) groups excluding carboxylic acids is 1. The van der Waals surface area contributed by atoms with Gasteiger partial charge in [-0.15, -0.1) is 0 Å². The van der Waals surface area contributed by atoms with E-state index in [1.165, 1.54) is 11.1 Å². The summed E-state index contributed by atoms with van der Waals surface area (Å²) >= 11 is 0. The second-order valence-corrected chi connectivity index (χ2v) is 7.05. The first-order chi connectivity index (χ1) is 10.7. The van der Waals surface area contributed by atoms with Crippen LogP contribution in [0.4, 0.5) is 0 Å². The number of Topliss-reactive ketones (excluding diaryl/α,β-unsaturated/α-hetero) is 1. The average Bonchev–Trinajstić information content (AvgIpc) is 2.91. The lowest BCUT2D eigenvalue weighted by Crippen LogP contribution is -2.36. The number of ketones is 1. The van der Waals surface area contributed by atoms with E-state index in [0.717, 1.165) is 50.7 Å². The molecule has 0 radical (unpaired) electrons. The van der Waals surface area contributed by atoms with Crippen LogP contribution in [-0.2, 0) is 11.2 Å². The smallest absolute Gasteiger partial charge is 0.139 e. The first-order valence-corrected chi connectivity index (χ1v) is 8.62. The third-order valence-electron chi connectivity index (χ3n) is 6.44. The largest absolute Gasteiger partial charge is 0.497 e. The van der Waals surface area contributed by atoms with Crippen LogP contribution in [-0.4, -0.2) is 12.9 Å². The molecule has 0 unspecified atom stereocenters. The Morgan fingerprint density at radius 1 is 1.23 bits per heavy atom. The molecule has 0 N–H and O–H groups in total. The van der Waals surface area contributed by atoms with E-state index in [0.29, 0.717) is 11.7 Å². The maximum atomic E-state index is 12.5. The summed E-state index contributed by atoms with van der Waals surface area (Å²) in [7, 11) is 1.73. The lowest BCUT2D eigenvalue weighted by atomic mass is 9.61. The van der Waals surface area contributed by atoms with Crippen LogP contribution in [0, 0.1) is 11.3 Å². The summed E-state index contributed by atoms with van der Waals surface area (Å²) in [6.45, 7) is 2.21. The monoisotopic (exact) mass is 296 g/mol. The third kappa shape index (κ3) is 1.76. The minimum absolute atomic E-state index is 0.0250. The molecule has 3 aliphatic carbocycles. The van der Waals surface area contributed by atoms with E-state index in [-0.39, 0.29) is 5.41 Å². The molecule has 0 amide bonds. The number of methoxy groups -OCH3 is 1. The third-order valence-corrected chi connectivity index (χ3v) is 6.44. The van der Waals surface area contributed by atoms with Crippen LogP contribution in [0.15, 0.2) is 23.8 Å². The molecule has 4 rings (SSSR count). The van der Waals surface area contributed by atoms with Crippen LogP contribution in [0.3, 0.4) is 0 Å². The van der Waals surface area contributed by atoms with Gasteiger partial charge in [0.25, 0.3) is 0 Å². The maximum absolute atomic E-state index is 12.5. The number of aryl methyl sites for hydroxylation is 1. The number of carbonyl (C=O) groups is 1. The van der Waals surface area contributed by atoms with Crippen molar-refractivity contribution in [3.8, 4) is 5.75 Å². The quantitative estimate of drug-likeness (QED) is 0.799. The van der Waals surface area contributed by atoms with Crippen molar-refractivity contribution in [3.05, 3.63) is 34.9 Å². The Balaban J connectivity index is 1.81. The number of benzene rings is 1. The maximum Gasteiger partial charge on any atom is 0.139 e. The standard InChI is InChI=1S/C20H24O2/c1-3-20-11-10-16-15-7-5-14(22-2)12-13(15)4-6-17(16)18(20)8-9-19(20)21/h5,7,12,18H,3-4,6,8-11H2,1-2H3/t18-,20-/m0/s1. The molecule has 0 spiro atoms. The zero-order valence-corrected chi connectivity index (χ0v) is 13.6. The van der Waals surface area contributed by atoms with Gasteiger partial charge in [-0.05, 0) is 73.3 Å². The number of ether oxygens (including phenoxy) is 1. The zero-order valence-electron chi connectivity index (χ0n) is 13.6. The first-order valence-electron chi connectivity index (χ1n) is 8.62. The molecule has 2 nitrogen and oxygen atoms in total. The molecule has 2 atom stereocenters. The topological polar surface area (TPSA) is 26.3 Å². The van der Waals surface area contributed by atoms with Crippen LogP contribution >= 0.6 is 0 Å². The molecule has 22 heavy (non-hydrogen) atoms. The summed E-state index contributed by atoms with van der Waals surface area (Å²) in [5.74, 6) is 2.01. The first kappa shape index (κ1) is 14.0. The van der Waals surface area contributed by atoms with Crippen molar-refractivity contribution < 1.29 is 9.53 Å². The highest BCUT2D eigenvalue weighted by Gasteiger charge is 2.52. The summed E-state index contributed by atoms with van der Waals surface area (Å²) in [6.07, 6.45) is 7.25. The fourth-order valence-electron chi connectivity index (χ4n) is 5.26. The Morgan fingerprint density at radius 2 is 2.09 bits per heavy atom. The zero-order chi connectivity index (χ0) is 15.3. The molecule has 1 fully saturated rings. The molecule has 1 aromatic carbocycles. The van der Waals surface area contributed by atoms with Crippen LogP contribution in [0.5, 0.6) is 5.75 Å². The number of fused-ring (bicyclic) bond motifs is 4. The minimum Gasteiger partial charge on any atom is -0.497 e. The van der Waals surface area contributed by atoms with Crippen molar-refractivity contribution in [3.63, 3.8) is 0 Å². The minimum atomic E-state index is -0.0250. The molecule has 3 aliphatic rings. The summed E-state index contributed by atoms with van der Waals surface area (Å²) in [5, 5.41) is 0. The number of hydrogen-bond donors (Lipinski definition) is 0. The molecule has 0 aromatic heterocycles. The second-order valence-electron chi connectivity index (χ2n) is 7.05. The Kier molecular flexibility index (Phi) is 3.18. The Labute approximate surface area is 132 Å². The van der Waals surface area contributed by atoms with Gasteiger partial charge in [-0.1, -0.05) is 18.6 Å². The van der Waals surface area contributed by atoms with Crippen molar-refractivity contribution in [2.24, 2.45) is 11.3 Å². The fourth-order valence-corrected chi connectivity index (χ4v) is 5.26. The van der Waals surface area contributed by atoms with Crippen LogP contribution in [0.1, 0.15) is 56.6 Å². The second kappa shape index (κ2) is 4.97. The number of rotatable bonds is 2. The molecule has 0 aliphatic heterocycles. The average molecular weight is 296 g/mol. The van der Waals surface area contributed by atoms with E-state index in [1.54, 1.807) is 18.3 Å². The molecular formula is C20H24O2. The van der Waals surface area contributed by atoms with Crippen molar-refractivity contribution in [2.75, 3.05) is 7.11 Å². The van der Waals surface area contributed by atoms with Gasteiger partial charge in [0.2, 0.25) is 0 Å². The lowest BCUT2D eigenvalue weighted by molar-refractivity contribution is -0.127. The van der Waals surface area contributed by atoms with E-state index >= 15 is 0 Å². The van der Waals surface area contributed by atoms with E-state index < -0.39 is 0 Å². The van der Waals surface area contributed by atoms with Crippen LogP contribution in [0.25, 0.3) is 5.57 Å². The molecule has 2 heteroatoms. The van der Waals surface area contributed by atoms with Gasteiger partial charge in [-0.3, -0.25) is 4.79 Å². The molecule has 0 bridgehead atoms. The predicted molar refractivity (Wildman–Crippen MR) is 87.9 cm³/mol. The van der Waals surface area contributed by atoms with E-state index in [2.05, 4.69) is 25.1 Å².